The molecule has 122 valence electrons. The van der Waals surface area contributed by atoms with Gasteiger partial charge in [0.2, 0.25) is 7.85 Å². The molecule has 5 nitrogen and oxygen atoms in total. The van der Waals surface area contributed by atoms with E-state index in [0.717, 1.165) is 6.29 Å². The second kappa shape index (κ2) is 7.40. The van der Waals surface area contributed by atoms with Crippen molar-refractivity contribution in [2.75, 3.05) is 0 Å². The summed E-state index contributed by atoms with van der Waals surface area (Å²) in [5, 5.41) is 0. The molecule has 1 aliphatic heterocycles. The van der Waals surface area contributed by atoms with Gasteiger partial charge in [-0.25, -0.2) is 0 Å². The molecular formula is C16H26BNO4. The average Bonchev–Trinajstić information content (AvgIpc) is 2.64. The van der Waals surface area contributed by atoms with Gasteiger partial charge in [-0.05, 0) is 39.5 Å². The second-order valence-corrected chi connectivity index (χ2v) is 6.71. The van der Waals surface area contributed by atoms with Gasteiger partial charge >= 0.3 is 0 Å². The highest BCUT2D eigenvalue weighted by molar-refractivity contribution is 6.57. The SMILES string of the molecule is [B]C(=O)N1[C@@H](CC)[C@@H](CC(C=O)C(C)CC(C)=O)OC1(C)C. The van der Waals surface area contributed by atoms with Crippen LogP contribution in [0.2, 0.25) is 0 Å². The standard InChI is InChI=1S/C16H26BNO4/c1-6-13-14(22-16(4,5)18(13)15(17)21)8-12(9-19)10(2)7-11(3)20/h9-10,12-14H,6-8H2,1-5H3/t10?,12?,13-,14+/m0/s1. The lowest BCUT2D eigenvalue weighted by Crippen LogP contribution is -2.47. The first-order chi connectivity index (χ1) is 10.1. The number of carbonyl (C=O) groups excluding carboxylic acids is 3. The molecule has 0 bridgehead atoms. The monoisotopic (exact) mass is 307 g/mol. The van der Waals surface area contributed by atoms with E-state index in [1.807, 2.05) is 13.8 Å². The Hall–Kier alpha value is -1.17. The summed E-state index contributed by atoms with van der Waals surface area (Å²) in [6, 6.07) is -0.153. The Bertz CT molecular complexity index is 438. The smallest absolute Gasteiger partial charge is 0.200 e. The van der Waals surface area contributed by atoms with E-state index in [1.165, 1.54) is 6.92 Å². The van der Waals surface area contributed by atoms with E-state index in [4.69, 9.17) is 12.6 Å². The highest BCUT2D eigenvalue weighted by atomic mass is 16.5. The third-order valence-corrected chi connectivity index (χ3v) is 4.46. The van der Waals surface area contributed by atoms with Crippen LogP contribution in [-0.4, -0.2) is 48.5 Å². The van der Waals surface area contributed by atoms with Crippen LogP contribution in [0, 0.1) is 11.8 Å². The number of nitrogens with zero attached hydrogens (tertiary/aromatic N) is 1. The van der Waals surface area contributed by atoms with E-state index in [-0.39, 0.29) is 29.8 Å². The Morgan fingerprint density at radius 1 is 1.41 bits per heavy atom. The highest BCUT2D eigenvalue weighted by Gasteiger charge is 2.48. The van der Waals surface area contributed by atoms with E-state index in [9.17, 15) is 14.4 Å². The fourth-order valence-electron chi connectivity index (χ4n) is 3.45. The number of hydrogen-bond acceptors (Lipinski definition) is 4. The number of aldehydes is 1. The third kappa shape index (κ3) is 4.19. The predicted molar refractivity (Wildman–Crippen MR) is 84.7 cm³/mol. The van der Waals surface area contributed by atoms with Crippen LogP contribution in [0.1, 0.15) is 53.9 Å². The molecule has 1 amide bonds. The summed E-state index contributed by atoms with van der Waals surface area (Å²) in [4.78, 5) is 35.9. The Kier molecular flexibility index (Phi) is 6.35. The number of carbonyl (C=O) groups is 3. The van der Waals surface area contributed by atoms with Gasteiger partial charge in [0.15, 0.2) is 5.81 Å². The molecule has 22 heavy (non-hydrogen) atoms. The maximum Gasteiger partial charge on any atom is 0.200 e. The first kappa shape index (κ1) is 18.9. The average molecular weight is 307 g/mol. The molecule has 1 heterocycles. The molecule has 2 radical (unpaired) electrons. The highest BCUT2D eigenvalue weighted by Crippen LogP contribution is 2.37. The van der Waals surface area contributed by atoms with Crippen LogP contribution in [-0.2, 0) is 14.3 Å². The Labute approximate surface area is 134 Å². The summed E-state index contributed by atoms with van der Waals surface area (Å²) < 4.78 is 5.99. The summed E-state index contributed by atoms with van der Waals surface area (Å²) in [7, 11) is 5.48. The first-order valence-electron chi connectivity index (χ1n) is 7.85. The quantitative estimate of drug-likeness (QED) is 0.535. The van der Waals surface area contributed by atoms with Gasteiger partial charge < -0.3 is 19.2 Å². The van der Waals surface area contributed by atoms with Gasteiger partial charge in [-0.3, -0.25) is 4.79 Å². The van der Waals surface area contributed by atoms with E-state index in [0.29, 0.717) is 19.3 Å². The zero-order valence-corrected chi connectivity index (χ0v) is 14.2. The molecular weight excluding hydrogens is 281 g/mol. The molecule has 0 spiro atoms. The summed E-state index contributed by atoms with van der Waals surface area (Å²) in [5.74, 6) is -0.759. The fourth-order valence-corrected chi connectivity index (χ4v) is 3.45. The van der Waals surface area contributed by atoms with Crippen molar-refractivity contribution in [3.8, 4) is 0 Å². The van der Waals surface area contributed by atoms with Crippen LogP contribution in [0.4, 0.5) is 4.79 Å². The van der Waals surface area contributed by atoms with Crippen LogP contribution in [0.15, 0.2) is 0 Å². The summed E-state index contributed by atoms with van der Waals surface area (Å²) in [6.45, 7) is 8.99. The molecule has 1 aliphatic rings. The zero-order chi connectivity index (χ0) is 17.1. The minimum absolute atomic E-state index is 0.0400. The Balaban J connectivity index is 2.89. The molecule has 2 unspecified atom stereocenters. The van der Waals surface area contributed by atoms with Crippen molar-refractivity contribution in [3.63, 3.8) is 0 Å². The Morgan fingerprint density at radius 2 is 2.00 bits per heavy atom. The van der Waals surface area contributed by atoms with Gasteiger partial charge in [0.25, 0.3) is 0 Å². The van der Waals surface area contributed by atoms with Crippen LogP contribution in [0.25, 0.3) is 0 Å². The number of ether oxygens (including phenoxy) is 1. The minimum atomic E-state index is -0.783. The molecule has 0 aromatic carbocycles. The van der Waals surface area contributed by atoms with E-state index < -0.39 is 11.5 Å². The molecule has 0 N–H and O–H groups in total. The van der Waals surface area contributed by atoms with Crippen molar-refractivity contribution < 1.29 is 19.1 Å². The lowest BCUT2D eigenvalue weighted by molar-refractivity contribution is -0.120. The van der Waals surface area contributed by atoms with Crippen LogP contribution < -0.4 is 0 Å². The number of hydrogen-bond donors (Lipinski definition) is 0. The molecule has 0 aliphatic carbocycles. The molecule has 1 saturated heterocycles. The largest absolute Gasteiger partial charge is 0.351 e. The maximum atomic E-state index is 11.7. The molecule has 0 saturated carbocycles. The van der Waals surface area contributed by atoms with Crippen molar-refractivity contribution in [3.05, 3.63) is 0 Å². The van der Waals surface area contributed by atoms with Crippen molar-refractivity contribution in [2.24, 2.45) is 11.8 Å². The lowest BCUT2D eigenvalue weighted by Gasteiger charge is -2.33. The van der Waals surface area contributed by atoms with Crippen LogP contribution >= 0.6 is 0 Å². The molecule has 6 heteroatoms. The molecule has 1 rings (SSSR count). The second-order valence-electron chi connectivity index (χ2n) is 6.71. The van der Waals surface area contributed by atoms with Gasteiger partial charge in [-0.1, -0.05) is 13.8 Å². The van der Waals surface area contributed by atoms with E-state index in [2.05, 4.69) is 0 Å². The maximum absolute atomic E-state index is 11.7. The molecule has 0 aromatic heterocycles. The number of amides is 1. The number of Topliss-reactive ketones (excluding diaryl/α,β-unsaturated/α-hetero) is 1. The fraction of sp³-hybridized carbons (Fsp3) is 0.812. The first-order valence-corrected chi connectivity index (χ1v) is 7.85. The van der Waals surface area contributed by atoms with Crippen molar-refractivity contribution in [1.29, 1.82) is 0 Å². The minimum Gasteiger partial charge on any atom is -0.351 e. The van der Waals surface area contributed by atoms with Crippen molar-refractivity contribution >= 4 is 25.7 Å². The Morgan fingerprint density at radius 3 is 2.41 bits per heavy atom. The van der Waals surface area contributed by atoms with Gasteiger partial charge in [0.1, 0.15) is 17.8 Å². The van der Waals surface area contributed by atoms with E-state index in [1.54, 1.807) is 18.7 Å². The molecule has 4 atom stereocenters. The van der Waals surface area contributed by atoms with Gasteiger partial charge in [-0.2, -0.15) is 0 Å². The van der Waals surface area contributed by atoms with Gasteiger partial charge in [-0.15, -0.1) is 0 Å². The number of ketones is 1. The van der Waals surface area contributed by atoms with E-state index >= 15 is 0 Å². The van der Waals surface area contributed by atoms with Gasteiger partial charge in [0.05, 0.1) is 12.1 Å². The molecule has 0 aromatic rings. The molecule has 1 fully saturated rings. The van der Waals surface area contributed by atoms with Crippen LogP contribution in [0.5, 0.6) is 0 Å². The summed E-state index contributed by atoms with van der Waals surface area (Å²) in [5.41, 5.74) is -0.783. The summed E-state index contributed by atoms with van der Waals surface area (Å²) in [6.07, 6.45) is 2.20. The predicted octanol–water partition coefficient (Wildman–Crippen LogP) is 2.31. The summed E-state index contributed by atoms with van der Waals surface area (Å²) >= 11 is 0. The van der Waals surface area contributed by atoms with Crippen molar-refractivity contribution in [1.82, 2.24) is 4.90 Å². The number of rotatable bonds is 7. The normalized spacial score (nSPS) is 26.5. The topological polar surface area (TPSA) is 63.7 Å². The van der Waals surface area contributed by atoms with Crippen LogP contribution in [0.3, 0.4) is 0 Å². The third-order valence-electron chi connectivity index (χ3n) is 4.46. The van der Waals surface area contributed by atoms with Crippen molar-refractivity contribution in [2.45, 2.75) is 71.8 Å². The lowest BCUT2D eigenvalue weighted by atomic mass is 9.84. The zero-order valence-electron chi connectivity index (χ0n) is 14.2. The van der Waals surface area contributed by atoms with Gasteiger partial charge in [0, 0.05) is 12.3 Å².